The van der Waals surface area contributed by atoms with Gasteiger partial charge >= 0.3 is 0 Å². The van der Waals surface area contributed by atoms with Crippen LogP contribution in [0.1, 0.15) is 10.4 Å². The molecule has 1 N–H and O–H groups in total. The second-order valence-corrected chi connectivity index (χ2v) is 4.70. The van der Waals surface area contributed by atoms with Crippen LogP contribution in [0.3, 0.4) is 0 Å². The average Bonchev–Trinajstić information content (AvgIpc) is 2.29. The fraction of sp³-hybridized carbons (Fsp3) is 0.417. The van der Waals surface area contributed by atoms with Crippen LogP contribution in [0.2, 0.25) is 5.02 Å². The van der Waals surface area contributed by atoms with Gasteiger partial charge in [0.1, 0.15) is 0 Å². The molecule has 1 aromatic rings. The third kappa shape index (κ3) is 2.54. The van der Waals surface area contributed by atoms with Crippen molar-refractivity contribution in [2.75, 3.05) is 33.2 Å². The van der Waals surface area contributed by atoms with Gasteiger partial charge in [0, 0.05) is 10.6 Å². The Hall–Kier alpha value is -1.06. The van der Waals surface area contributed by atoms with Gasteiger partial charge in [-0.1, -0.05) is 17.7 Å². The van der Waals surface area contributed by atoms with E-state index in [1.165, 1.54) is 4.90 Å². The van der Waals surface area contributed by atoms with Crippen molar-refractivity contribution in [3.8, 4) is 0 Å². The minimum atomic E-state index is 0.0926. The summed E-state index contributed by atoms with van der Waals surface area (Å²) in [5.74, 6) is 0.0926. The van der Waals surface area contributed by atoms with E-state index in [1.807, 2.05) is 17.0 Å². The Kier molecular flexibility index (Phi) is 3.46. The molecule has 2 rings (SSSR count). The zero-order valence-corrected chi connectivity index (χ0v) is 10.1. The maximum absolute atomic E-state index is 12.1. The minimum Gasteiger partial charge on any atom is -0.334 e. The largest absolute Gasteiger partial charge is 0.334 e. The normalized spacial score (nSPS) is 17.5. The topological polar surface area (TPSA) is 24.8 Å². The summed E-state index contributed by atoms with van der Waals surface area (Å²) in [6.45, 7) is 3.70. The Bertz CT molecular complexity index is 386. The molecule has 0 unspecified atom stereocenters. The summed E-state index contributed by atoms with van der Waals surface area (Å²) in [7, 11) is 2.15. The molecule has 0 atom stereocenters. The van der Waals surface area contributed by atoms with Gasteiger partial charge in [-0.15, -0.1) is 0 Å². The second kappa shape index (κ2) is 4.85. The van der Waals surface area contributed by atoms with Gasteiger partial charge in [-0.25, -0.2) is 0 Å². The van der Waals surface area contributed by atoms with E-state index in [0.717, 1.165) is 26.2 Å². The van der Waals surface area contributed by atoms with Crippen molar-refractivity contribution in [1.82, 2.24) is 4.90 Å². The number of amides is 1. The van der Waals surface area contributed by atoms with Crippen molar-refractivity contribution in [2.45, 2.75) is 0 Å². The van der Waals surface area contributed by atoms with Gasteiger partial charge in [-0.2, -0.15) is 0 Å². The Morgan fingerprint density at radius 1 is 1.38 bits per heavy atom. The zero-order valence-electron chi connectivity index (χ0n) is 9.37. The van der Waals surface area contributed by atoms with Crippen LogP contribution in [0.5, 0.6) is 0 Å². The third-order valence-electron chi connectivity index (χ3n) is 2.98. The monoisotopic (exact) mass is 239 g/mol. The van der Waals surface area contributed by atoms with Gasteiger partial charge in [0.15, 0.2) is 0 Å². The van der Waals surface area contributed by atoms with Crippen LogP contribution in [-0.2, 0) is 0 Å². The quantitative estimate of drug-likeness (QED) is 0.750. The number of carbonyl (C=O) groups excluding carboxylic acids is 1. The van der Waals surface area contributed by atoms with E-state index < -0.39 is 0 Å². The molecule has 1 saturated heterocycles. The highest BCUT2D eigenvalue weighted by Crippen LogP contribution is 2.12. The molecule has 0 radical (unpaired) electrons. The molecule has 0 bridgehead atoms. The molecule has 1 aliphatic heterocycles. The maximum Gasteiger partial charge on any atom is 0.254 e. The maximum atomic E-state index is 12.1. The summed E-state index contributed by atoms with van der Waals surface area (Å²) in [6.07, 6.45) is 0. The highest BCUT2D eigenvalue weighted by molar-refractivity contribution is 6.30. The molecule has 1 amide bonds. The van der Waals surface area contributed by atoms with Crippen LogP contribution in [0.25, 0.3) is 0 Å². The molecule has 3 nitrogen and oxygen atoms in total. The first-order valence-corrected chi connectivity index (χ1v) is 5.91. The Labute approximate surface area is 101 Å². The summed E-state index contributed by atoms with van der Waals surface area (Å²) < 4.78 is 0. The number of rotatable bonds is 1. The van der Waals surface area contributed by atoms with Crippen molar-refractivity contribution in [2.24, 2.45) is 0 Å². The summed E-state index contributed by atoms with van der Waals surface area (Å²) in [4.78, 5) is 15.5. The number of hydrogen-bond donors (Lipinski definition) is 1. The number of benzene rings is 1. The first-order valence-electron chi connectivity index (χ1n) is 5.53. The summed E-state index contributed by atoms with van der Waals surface area (Å²) in [5.41, 5.74) is 0.687. The average molecular weight is 240 g/mol. The van der Waals surface area contributed by atoms with E-state index in [2.05, 4.69) is 7.05 Å². The fourth-order valence-corrected chi connectivity index (χ4v) is 2.09. The Morgan fingerprint density at radius 3 is 2.69 bits per heavy atom. The third-order valence-corrected chi connectivity index (χ3v) is 3.21. The molecule has 1 aliphatic rings. The molecule has 0 aromatic heterocycles. The van der Waals surface area contributed by atoms with E-state index >= 15 is 0 Å². The molecule has 16 heavy (non-hydrogen) atoms. The van der Waals surface area contributed by atoms with Crippen molar-refractivity contribution in [1.29, 1.82) is 0 Å². The highest BCUT2D eigenvalue weighted by Gasteiger charge is 2.22. The molecule has 1 aromatic carbocycles. The molecule has 1 heterocycles. The molecular weight excluding hydrogens is 224 g/mol. The lowest BCUT2D eigenvalue weighted by Crippen LogP contribution is -3.12. The molecule has 0 spiro atoms. The summed E-state index contributed by atoms with van der Waals surface area (Å²) in [5, 5.41) is 0.616. The first kappa shape index (κ1) is 11.4. The predicted octanol–water partition coefficient (Wildman–Crippen LogP) is 0.311. The molecule has 0 aliphatic carbocycles. The number of piperazine rings is 1. The number of likely N-dealkylation sites (N-methyl/N-ethyl adjacent to an activating group) is 1. The zero-order chi connectivity index (χ0) is 11.5. The van der Waals surface area contributed by atoms with Crippen molar-refractivity contribution >= 4 is 17.5 Å². The summed E-state index contributed by atoms with van der Waals surface area (Å²) >= 11 is 5.88. The highest BCUT2D eigenvalue weighted by atomic mass is 35.5. The van der Waals surface area contributed by atoms with Gasteiger partial charge in [0.05, 0.1) is 33.2 Å². The Morgan fingerprint density at radius 2 is 2.06 bits per heavy atom. The van der Waals surface area contributed by atoms with E-state index in [4.69, 9.17) is 11.6 Å². The molecule has 0 saturated carbocycles. The summed E-state index contributed by atoms with van der Waals surface area (Å²) in [6, 6.07) is 7.15. The van der Waals surface area contributed by atoms with Crippen molar-refractivity contribution < 1.29 is 9.69 Å². The predicted molar refractivity (Wildman–Crippen MR) is 64.0 cm³/mol. The number of quaternary nitrogens is 1. The van der Waals surface area contributed by atoms with Crippen LogP contribution in [-0.4, -0.2) is 44.0 Å². The molecule has 86 valence electrons. The number of halogens is 1. The van der Waals surface area contributed by atoms with E-state index in [-0.39, 0.29) is 5.91 Å². The number of carbonyl (C=O) groups is 1. The van der Waals surface area contributed by atoms with Gasteiger partial charge in [-0.05, 0) is 18.2 Å². The van der Waals surface area contributed by atoms with E-state index in [1.54, 1.807) is 12.1 Å². The fourth-order valence-electron chi connectivity index (χ4n) is 1.90. The Balaban J connectivity index is 2.08. The molecule has 4 heteroatoms. The van der Waals surface area contributed by atoms with Crippen LogP contribution in [0.15, 0.2) is 24.3 Å². The minimum absolute atomic E-state index is 0.0926. The van der Waals surface area contributed by atoms with Gasteiger partial charge in [-0.3, -0.25) is 4.79 Å². The lowest BCUT2D eigenvalue weighted by Gasteiger charge is -2.30. The lowest BCUT2D eigenvalue weighted by atomic mass is 10.2. The van der Waals surface area contributed by atoms with Gasteiger partial charge in [0.25, 0.3) is 5.91 Å². The van der Waals surface area contributed by atoms with Crippen molar-refractivity contribution in [3.05, 3.63) is 34.9 Å². The number of nitrogens with one attached hydrogen (secondary N) is 1. The van der Waals surface area contributed by atoms with E-state index in [0.29, 0.717) is 10.6 Å². The number of nitrogens with zero attached hydrogens (tertiary/aromatic N) is 1. The van der Waals surface area contributed by atoms with Gasteiger partial charge in [0.2, 0.25) is 0 Å². The molecule has 1 fully saturated rings. The number of hydrogen-bond acceptors (Lipinski definition) is 1. The molecular formula is C12H16ClN2O+. The smallest absolute Gasteiger partial charge is 0.254 e. The van der Waals surface area contributed by atoms with E-state index in [9.17, 15) is 4.79 Å². The second-order valence-electron chi connectivity index (χ2n) is 4.26. The van der Waals surface area contributed by atoms with Crippen LogP contribution in [0.4, 0.5) is 0 Å². The standard InChI is InChI=1S/C12H15ClN2O/c1-14-5-7-15(8-6-14)12(16)10-3-2-4-11(13)9-10/h2-4,9H,5-8H2,1H3/p+1. The SMILES string of the molecule is C[NH+]1CCN(C(=O)c2cccc(Cl)c2)CC1. The van der Waals surface area contributed by atoms with Gasteiger partial charge < -0.3 is 9.80 Å². The van der Waals surface area contributed by atoms with Crippen LogP contribution in [0, 0.1) is 0 Å². The van der Waals surface area contributed by atoms with Crippen molar-refractivity contribution in [3.63, 3.8) is 0 Å². The lowest BCUT2D eigenvalue weighted by molar-refractivity contribution is -0.883. The first-order chi connectivity index (χ1) is 7.66. The van der Waals surface area contributed by atoms with Crippen LogP contribution < -0.4 is 4.90 Å². The van der Waals surface area contributed by atoms with Crippen LogP contribution >= 0.6 is 11.6 Å².